The molecule has 1 fully saturated rings. The van der Waals surface area contributed by atoms with Gasteiger partial charge in [0.2, 0.25) is 0 Å². The third-order valence-corrected chi connectivity index (χ3v) is 3.84. The number of amides is 2. The van der Waals surface area contributed by atoms with Gasteiger partial charge in [0.15, 0.2) is 0 Å². The van der Waals surface area contributed by atoms with Gasteiger partial charge in [-0.15, -0.1) is 6.58 Å². The molecule has 1 aromatic rings. The Kier molecular flexibility index (Phi) is 6.27. The molecule has 5 nitrogen and oxygen atoms in total. The number of benzene rings is 1. The molecule has 22 heavy (non-hydrogen) atoms. The number of methoxy groups -OCH3 is 1. The van der Waals surface area contributed by atoms with E-state index in [1.54, 1.807) is 13.2 Å². The summed E-state index contributed by atoms with van der Waals surface area (Å²) < 4.78 is 10.7. The lowest BCUT2D eigenvalue weighted by Crippen LogP contribution is -2.41. The normalized spacial score (nSPS) is 15.4. The third-order valence-electron chi connectivity index (χ3n) is 3.84. The molecule has 1 N–H and O–H groups in total. The van der Waals surface area contributed by atoms with Gasteiger partial charge < -0.3 is 19.7 Å². The molecule has 1 heterocycles. The van der Waals surface area contributed by atoms with Gasteiger partial charge in [-0.2, -0.15) is 0 Å². The Bertz CT molecular complexity index is 496. The van der Waals surface area contributed by atoms with E-state index in [1.165, 1.54) is 0 Å². The molecule has 2 amide bonds. The molecule has 0 atom stereocenters. The van der Waals surface area contributed by atoms with Crippen molar-refractivity contribution in [3.05, 3.63) is 36.9 Å². The molecule has 0 unspecified atom stereocenters. The van der Waals surface area contributed by atoms with Gasteiger partial charge in [-0.25, -0.2) is 4.79 Å². The van der Waals surface area contributed by atoms with Crippen molar-refractivity contribution in [2.75, 3.05) is 38.7 Å². The van der Waals surface area contributed by atoms with Gasteiger partial charge in [-0.05, 0) is 30.9 Å². The smallest absolute Gasteiger partial charge is 0.321 e. The van der Waals surface area contributed by atoms with Crippen LogP contribution in [0.1, 0.15) is 12.8 Å². The molecule has 0 bridgehead atoms. The summed E-state index contributed by atoms with van der Waals surface area (Å²) in [5.74, 6) is 1.19. The molecule has 120 valence electrons. The van der Waals surface area contributed by atoms with Crippen molar-refractivity contribution in [1.29, 1.82) is 0 Å². The maximum absolute atomic E-state index is 12.3. The van der Waals surface area contributed by atoms with Crippen LogP contribution in [0.4, 0.5) is 10.5 Å². The van der Waals surface area contributed by atoms with Crippen LogP contribution in [0.5, 0.6) is 5.75 Å². The average Bonchev–Trinajstić information content (AvgIpc) is 2.56. The lowest BCUT2D eigenvalue weighted by Gasteiger charge is -2.32. The molecule has 2 rings (SSSR count). The second-order valence-corrected chi connectivity index (χ2v) is 5.39. The summed E-state index contributed by atoms with van der Waals surface area (Å²) >= 11 is 0. The summed E-state index contributed by atoms with van der Waals surface area (Å²) in [6.45, 7) is 6.48. The highest BCUT2D eigenvalue weighted by atomic mass is 16.5. The van der Waals surface area contributed by atoms with Crippen molar-refractivity contribution in [2.24, 2.45) is 5.92 Å². The molecule has 1 saturated heterocycles. The number of ether oxygens (including phenoxy) is 2. The first kappa shape index (κ1) is 16.4. The van der Waals surface area contributed by atoms with E-state index in [-0.39, 0.29) is 6.03 Å². The number of nitrogens with zero attached hydrogens (tertiary/aromatic N) is 1. The zero-order valence-electron chi connectivity index (χ0n) is 13.1. The number of carbonyl (C=O) groups is 1. The molecule has 0 aromatic heterocycles. The van der Waals surface area contributed by atoms with Gasteiger partial charge in [0.1, 0.15) is 5.75 Å². The average molecular weight is 304 g/mol. The number of rotatable bonds is 6. The number of piperidine rings is 1. The highest BCUT2D eigenvalue weighted by molar-refractivity contribution is 5.91. The second-order valence-electron chi connectivity index (χ2n) is 5.39. The van der Waals surface area contributed by atoms with Crippen LogP contribution in [0.25, 0.3) is 0 Å². The Morgan fingerprint density at radius 2 is 2.14 bits per heavy atom. The van der Waals surface area contributed by atoms with E-state index in [2.05, 4.69) is 11.9 Å². The van der Waals surface area contributed by atoms with Crippen LogP contribution < -0.4 is 10.1 Å². The fourth-order valence-corrected chi connectivity index (χ4v) is 2.56. The van der Waals surface area contributed by atoms with E-state index in [0.29, 0.717) is 24.0 Å². The minimum absolute atomic E-state index is 0.0741. The van der Waals surface area contributed by atoms with Gasteiger partial charge in [0, 0.05) is 19.7 Å². The Hall–Kier alpha value is -2.01. The first-order valence-electron chi connectivity index (χ1n) is 7.62. The molecular weight excluding hydrogens is 280 g/mol. The maximum atomic E-state index is 12.3. The Morgan fingerprint density at radius 1 is 1.41 bits per heavy atom. The van der Waals surface area contributed by atoms with Crippen LogP contribution in [0.3, 0.4) is 0 Å². The van der Waals surface area contributed by atoms with Crippen molar-refractivity contribution >= 4 is 11.7 Å². The number of para-hydroxylation sites is 2. The highest BCUT2D eigenvalue weighted by Gasteiger charge is 2.23. The van der Waals surface area contributed by atoms with Gasteiger partial charge >= 0.3 is 6.03 Å². The number of urea groups is 1. The van der Waals surface area contributed by atoms with Gasteiger partial charge in [0.05, 0.1) is 19.4 Å². The molecule has 0 saturated carbocycles. The van der Waals surface area contributed by atoms with E-state index in [0.717, 1.165) is 32.5 Å². The summed E-state index contributed by atoms with van der Waals surface area (Å²) in [6.07, 6.45) is 3.70. The number of nitrogens with one attached hydrogen (secondary N) is 1. The van der Waals surface area contributed by atoms with E-state index in [4.69, 9.17) is 9.47 Å². The van der Waals surface area contributed by atoms with Crippen LogP contribution in [0.15, 0.2) is 36.9 Å². The predicted octanol–water partition coefficient (Wildman–Crippen LogP) is 3.14. The Morgan fingerprint density at radius 3 is 2.82 bits per heavy atom. The second kappa shape index (κ2) is 8.44. The van der Waals surface area contributed by atoms with Crippen LogP contribution in [-0.2, 0) is 4.74 Å². The first-order chi connectivity index (χ1) is 10.7. The fourth-order valence-electron chi connectivity index (χ4n) is 2.56. The zero-order chi connectivity index (χ0) is 15.8. The largest absolute Gasteiger partial charge is 0.495 e. The molecule has 1 aliphatic heterocycles. The molecule has 1 aromatic carbocycles. The van der Waals surface area contributed by atoms with E-state index >= 15 is 0 Å². The predicted molar refractivity (Wildman–Crippen MR) is 87.3 cm³/mol. The SMILES string of the molecule is C=CCOCC1CCN(C(=O)Nc2ccccc2OC)CC1. The van der Waals surface area contributed by atoms with Crippen LogP contribution >= 0.6 is 0 Å². The Balaban J connectivity index is 1.81. The summed E-state index contributed by atoms with van der Waals surface area (Å²) in [6, 6.07) is 7.35. The summed E-state index contributed by atoms with van der Waals surface area (Å²) in [7, 11) is 1.60. The van der Waals surface area contributed by atoms with Crippen molar-refractivity contribution in [3.8, 4) is 5.75 Å². The number of anilines is 1. The monoisotopic (exact) mass is 304 g/mol. The van der Waals surface area contributed by atoms with Crippen molar-refractivity contribution < 1.29 is 14.3 Å². The van der Waals surface area contributed by atoms with Gasteiger partial charge in [0.25, 0.3) is 0 Å². The van der Waals surface area contributed by atoms with Crippen molar-refractivity contribution in [1.82, 2.24) is 4.90 Å². The zero-order valence-corrected chi connectivity index (χ0v) is 13.1. The first-order valence-corrected chi connectivity index (χ1v) is 7.62. The third kappa shape index (κ3) is 4.49. The molecule has 0 aliphatic carbocycles. The summed E-state index contributed by atoms with van der Waals surface area (Å²) in [5.41, 5.74) is 0.700. The Labute approximate surface area is 131 Å². The number of carbonyl (C=O) groups excluding carboxylic acids is 1. The maximum Gasteiger partial charge on any atom is 0.321 e. The van der Waals surface area contributed by atoms with Gasteiger partial charge in [-0.1, -0.05) is 18.2 Å². The van der Waals surface area contributed by atoms with E-state index in [1.807, 2.05) is 29.2 Å². The number of hydrogen-bond acceptors (Lipinski definition) is 3. The standard InChI is InChI=1S/C17H24N2O3/c1-3-12-22-13-14-8-10-19(11-9-14)17(20)18-15-6-4-5-7-16(15)21-2/h3-7,14H,1,8-13H2,2H3,(H,18,20). The number of hydrogen-bond donors (Lipinski definition) is 1. The highest BCUT2D eigenvalue weighted by Crippen LogP contribution is 2.24. The molecular formula is C17H24N2O3. The lowest BCUT2D eigenvalue weighted by atomic mass is 9.98. The lowest BCUT2D eigenvalue weighted by molar-refractivity contribution is 0.0906. The minimum Gasteiger partial charge on any atom is -0.495 e. The quantitative estimate of drug-likeness (QED) is 0.649. The minimum atomic E-state index is -0.0741. The molecule has 1 aliphatic rings. The van der Waals surface area contributed by atoms with Crippen LogP contribution in [0, 0.1) is 5.92 Å². The topological polar surface area (TPSA) is 50.8 Å². The van der Waals surface area contributed by atoms with Crippen LogP contribution in [0.2, 0.25) is 0 Å². The van der Waals surface area contributed by atoms with Crippen LogP contribution in [-0.4, -0.2) is 44.3 Å². The number of likely N-dealkylation sites (tertiary alicyclic amines) is 1. The molecule has 0 radical (unpaired) electrons. The molecule has 0 spiro atoms. The van der Waals surface area contributed by atoms with Crippen molar-refractivity contribution in [2.45, 2.75) is 12.8 Å². The fraction of sp³-hybridized carbons (Fsp3) is 0.471. The summed E-state index contributed by atoms with van der Waals surface area (Å²) in [5, 5.41) is 2.92. The van der Waals surface area contributed by atoms with E-state index in [9.17, 15) is 4.79 Å². The molecule has 5 heteroatoms. The summed E-state index contributed by atoms with van der Waals surface area (Å²) in [4.78, 5) is 14.2. The van der Waals surface area contributed by atoms with Gasteiger partial charge in [-0.3, -0.25) is 0 Å². The van der Waals surface area contributed by atoms with E-state index < -0.39 is 0 Å². The van der Waals surface area contributed by atoms with Crippen molar-refractivity contribution in [3.63, 3.8) is 0 Å².